The minimum Gasteiger partial charge on any atom is -0.323 e. The average molecular weight is 186 g/mol. The Bertz CT molecular complexity index is 480. The molecule has 2 aromatic rings. The third kappa shape index (κ3) is 1.38. The molecule has 68 valence electrons. The molecule has 1 aromatic heterocycles. The van der Waals surface area contributed by atoms with Crippen molar-refractivity contribution >= 4 is 0 Å². The molecular weight excluding hydrogens is 179 g/mol. The van der Waals surface area contributed by atoms with Crippen molar-refractivity contribution in [3.8, 4) is 11.8 Å². The van der Waals surface area contributed by atoms with Crippen LogP contribution in [0.5, 0.6) is 0 Å². The standard InChI is InChI=1S/C11H7FN2/c12-10-3-4-11(9(7-10)8-13)14-5-1-2-6-14/h1-7H. The van der Waals surface area contributed by atoms with Crippen LogP contribution in [-0.4, -0.2) is 4.57 Å². The molecule has 3 heteroatoms. The van der Waals surface area contributed by atoms with E-state index in [2.05, 4.69) is 0 Å². The smallest absolute Gasteiger partial charge is 0.124 e. The van der Waals surface area contributed by atoms with Crippen LogP contribution in [0.1, 0.15) is 5.56 Å². The van der Waals surface area contributed by atoms with E-state index in [0.717, 1.165) is 0 Å². The summed E-state index contributed by atoms with van der Waals surface area (Å²) in [6.07, 6.45) is 3.63. The minimum absolute atomic E-state index is 0.334. The first kappa shape index (κ1) is 8.52. The summed E-state index contributed by atoms with van der Waals surface area (Å²) in [5.41, 5.74) is 1.03. The van der Waals surface area contributed by atoms with Crippen LogP contribution in [0, 0.1) is 17.1 Å². The molecule has 0 saturated carbocycles. The lowest BCUT2D eigenvalue weighted by Crippen LogP contribution is -1.94. The van der Waals surface area contributed by atoms with Crippen molar-refractivity contribution in [1.29, 1.82) is 5.26 Å². The second-order valence-electron chi connectivity index (χ2n) is 2.86. The van der Waals surface area contributed by atoms with Crippen LogP contribution in [0.4, 0.5) is 4.39 Å². The highest BCUT2D eigenvalue weighted by Gasteiger charge is 2.03. The number of hydrogen-bond acceptors (Lipinski definition) is 1. The number of nitrogens with zero attached hydrogens (tertiary/aromatic N) is 2. The van der Waals surface area contributed by atoms with Crippen molar-refractivity contribution in [3.05, 3.63) is 54.1 Å². The predicted molar refractivity (Wildman–Crippen MR) is 50.4 cm³/mol. The van der Waals surface area contributed by atoms with Gasteiger partial charge in [0.15, 0.2) is 0 Å². The summed E-state index contributed by atoms with van der Waals surface area (Å²) in [5.74, 6) is -0.391. The summed E-state index contributed by atoms with van der Waals surface area (Å²) in [6, 6.07) is 9.83. The quantitative estimate of drug-likeness (QED) is 0.672. The van der Waals surface area contributed by atoms with Gasteiger partial charge in [-0.1, -0.05) is 0 Å². The van der Waals surface area contributed by atoms with Crippen LogP contribution >= 0.6 is 0 Å². The van der Waals surface area contributed by atoms with Crippen LogP contribution in [0.15, 0.2) is 42.7 Å². The lowest BCUT2D eigenvalue weighted by Gasteiger charge is -2.04. The topological polar surface area (TPSA) is 28.7 Å². The fourth-order valence-corrected chi connectivity index (χ4v) is 1.32. The molecule has 0 N–H and O–H groups in total. The van der Waals surface area contributed by atoms with Gasteiger partial charge in [0.05, 0.1) is 11.3 Å². The Morgan fingerprint density at radius 3 is 2.57 bits per heavy atom. The first-order valence-electron chi connectivity index (χ1n) is 4.14. The van der Waals surface area contributed by atoms with Crippen LogP contribution in [0.2, 0.25) is 0 Å². The van der Waals surface area contributed by atoms with Crippen LogP contribution in [-0.2, 0) is 0 Å². The molecule has 0 amide bonds. The van der Waals surface area contributed by atoms with Gasteiger partial charge in [-0.15, -0.1) is 0 Å². The van der Waals surface area contributed by atoms with Gasteiger partial charge in [-0.25, -0.2) is 4.39 Å². The summed E-state index contributed by atoms with van der Waals surface area (Å²) >= 11 is 0. The van der Waals surface area contributed by atoms with E-state index in [9.17, 15) is 4.39 Å². The van der Waals surface area contributed by atoms with Crippen molar-refractivity contribution in [2.45, 2.75) is 0 Å². The number of nitriles is 1. The zero-order valence-electron chi connectivity index (χ0n) is 7.31. The van der Waals surface area contributed by atoms with E-state index in [1.807, 2.05) is 30.6 Å². The molecule has 1 heterocycles. The van der Waals surface area contributed by atoms with Gasteiger partial charge in [0, 0.05) is 12.4 Å². The summed E-state index contributed by atoms with van der Waals surface area (Å²) < 4.78 is 14.6. The van der Waals surface area contributed by atoms with E-state index in [4.69, 9.17) is 5.26 Å². The Kier molecular flexibility index (Phi) is 2.04. The van der Waals surface area contributed by atoms with Crippen molar-refractivity contribution in [3.63, 3.8) is 0 Å². The molecular formula is C11H7FN2. The molecule has 0 fully saturated rings. The minimum atomic E-state index is -0.391. The molecule has 0 spiro atoms. The van der Waals surface area contributed by atoms with Gasteiger partial charge < -0.3 is 4.57 Å². The molecule has 0 bridgehead atoms. The zero-order chi connectivity index (χ0) is 9.97. The maximum atomic E-state index is 12.8. The molecule has 0 aliphatic heterocycles. The summed E-state index contributed by atoms with van der Waals surface area (Å²) in [5, 5.41) is 8.81. The molecule has 0 unspecified atom stereocenters. The molecule has 0 atom stereocenters. The first-order valence-corrected chi connectivity index (χ1v) is 4.14. The molecule has 2 nitrogen and oxygen atoms in total. The monoisotopic (exact) mass is 186 g/mol. The van der Waals surface area contributed by atoms with Crippen LogP contribution in [0.3, 0.4) is 0 Å². The number of aromatic nitrogens is 1. The molecule has 2 rings (SSSR count). The molecule has 0 aliphatic carbocycles. The van der Waals surface area contributed by atoms with Gasteiger partial charge in [0.25, 0.3) is 0 Å². The third-order valence-corrected chi connectivity index (χ3v) is 1.96. The van der Waals surface area contributed by atoms with Gasteiger partial charge in [0.1, 0.15) is 11.9 Å². The van der Waals surface area contributed by atoms with Gasteiger partial charge in [-0.3, -0.25) is 0 Å². The SMILES string of the molecule is N#Cc1cc(F)ccc1-n1cccc1. The molecule has 1 aromatic carbocycles. The Hall–Kier alpha value is -2.08. The second-order valence-corrected chi connectivity index (χ2v) is 2.86. The molecule has 0 aliphatic rings. The maximum Gasteiger partial charge on any atom is 0.124 e. The van der Waals surface area contributed by atoms with Crippen molar-refractivity contribution in [2.75, 3.05) is 0 Å². The van der Waals surface area contributed by atoms with Gasteiger partial charge in [-0.2, -0.15) is 5.26 Å². The van der Waals surface area contributed by atoms with E-state index in [-0.39, 0.29) is 0 Å². The summed E-state index contributed by atoms with van der Waals surface area (Å²) in [6.45, 7) is 0. The van der Waals surface area contributed by atoms with Crippen LogP contribution in [0.25, 0.3) is 5.69 Å². The number of rotatable bonds is 1. The van der Waals surface area contributed by atoms with E-state index < -0.39 is 5.82 Å². The average Bonchev–Trinajstić information content (AvgIpc) is 2.70. The number of halogens is 1. The Morgan fingerprint density at radius 2 is 1.93 bits per heavy atom. The van der Waals surface area contributed by atoms with Crippen molar-refractivity contribution < 1.29 is 4.39 Å². The van der Waals surface area contributed by atoms with E-state index >= 15 is 0 Å². The highest BCUT2D eigenvalue weighted by molar-refractivity contribution is 5.49. The highest BCUT2D eigenvalue weighted by atomic mass is 19.1. The third-order valence-electron chi connectivity index (χ3n) is 1.96. The van der Waals surface area contributed by atoms with Gasteiger partial charge >= 0.3 is 0 Å². The van der Waals surface area contributed by atoms with Gasteiger partial charge in [-0.05, 0) is 30.3 Å². The fraction of sp³-hybridized carbons (Fsp3) is 0. The maximum absolute atomic E-state index is 12.8. The van der Waals surface area contributed by atoms with Crippen LogP contribution < -0.4 is 0 Å². The normalized spacial score (nSPS) is 9.71. The largest absolute Gasteiger partial charge is 0.323 e. The summed E-state index contributed by atoms with van der Waals surface area (Å²) in [7, 11) is 0. The highest BCUT2D eigenvalue weighted by Crippen LogP contribution is 2.15. The second kappa shape index (κ2) is 3.35. The number of benzene rings is 1. The van der Waals surface area contributed by atoms with E-state index in [1.165, 1.54) is 12.1 Å². The Labute approximate surface area is 80.8 Å². The summed E-state index contributed by atoms with van der Waals surface area (Å²) in [4.78, 5) is 0. The Balaban J connectivity index is 2.60. The van der Waals surface area contributed by atoms with Gasteiger partial charge in [0.2, 0.25) is 0 Å². The number of hydrogen-bond donors (Lipinski definition) is 0. The lowest BCUT2D eigenvalue weighted by atomic mass is 10.2. The van der Waals surface area contributed by atoms with E-state index in [0.29, 0.717) is 11.3 Å². The molecule has 0 radical (unpaired) electrons. The van der Waals surface area contributed by atoms with Crippen molar-refractivity contribution in [1.82, 2.24) is 4.57 Å². The predicted octanol–water partition coefficient (Wildman–Crippen LogP) is 2.49. The first-order chi connectivity index (χ1) is 6.81. The van der Waals surface area contributed by atoms with E-state index in [1.54, 1.807) is 10.6 Å². The molecule has 14 heavy (non-hydrogen) atoms. The fourth-order valence-electron chi connectivity index (χ4n) is 1.32. The molecule has 0 saturated heterocycles. The van der Waals surface area contributed by atoms with Crippen molar-refractivity contribution in [2.24, 2.45) is 0 Å². The lowest BCUT2D eigenvalue weighted by molar-refractivity contribution is 0.627. The zero-order valence-corrected chi connectivity index (χ0v) is 7.31. The Morgan fingerprint density at radius 1 is 1.21 bits per heavy atom.